The molecule has 1 aromatic carbocycles. The van der Waals surface area contributed by atoms with E-state index >= 15 is 0 Å². The number of nitrogens with zero attached hydrogens (tertiary/aromatic N) is 1. The fraction of sp³-hybridized carbons (Fsp3) is 0.500. The average molecular weight is 349 g/mol. The van der Waals surface area contributed by atoms with Crippen molar-refractivity contribution in [2.75, 3.05) is 13.7 Å². The van der Waals surface area contributed by atoms with Gasteiger partial charge < -0.3 is 9.84 Å². The van der Waals surface area contributed by atoms with Gasteiger partial charge in [-0.2, -0.15) is 4.31 Å². The molecule has 1 fully saturated rings. The number of ether oxygens (including phenoxy) is 1. The molecule has 23 heavy (non-hydrogen) atoms. The van der Waals surface area contributed by atoms with Crippen molar-refractivity contribution in [2.45, 2.75) is 36.6 Å². The topological polar surface area (TPSA) is 83.9 Å². The number of halogens is 2. The highest BCUT2D eigenvalue weighted by Gasteiger charge is 2.61. The van der Waals surface area contributed by atoms with Gasteiger partial charge in [-0.25, -0.2) is 17.2 Å². The molecule has 1 N–H and O–H groups in total. The fourth-order valence-corrected chi connectivity index (χ4v) is 4.68. The Balaban J connectivity index is 2.61. The van der Waals surface area contributed by atoms with Gasteiger partial charge in [-0.1, -0.05) is 6.07 Å². The Morgan fingerprint density at radius 2 is 2.00 bits per heavy atom. The summed E-state index contributed by atoms with van der Waals surface area (Å²) in [6.07, 6.45) is -1.07. The van der Waals surface area contributed by atoms with Gasteiger partial charge in [0.2, 0.25) is 10.0 Å². The van der Waals surface area contributed by atoms with Crippen LogP contribution >= 0.6 is 0 Å². The van der Waals surface area contributed by atoms with E-state index in [0.29, 0.717) is 9.87 Å². The number of hydrogen-bond donors (Lipinski definition) is 1. The van der Waals surface area contributed by atoms with E-state index in [1.807, 2.05) is 0 Å². The molecule has 0 bridgehead atoms. The van der Waals surface area contributed by atoms with E-state index < -0.39 is 40.4 Å². The van der Waals surface area contributed by atoms with Crippen LogP contribution in [-0.2, 0) is 14.8 Å². The summed E-state index contributed by atoms with van der Waals surface area (Å²) in [5, 5.41) is 9.29. The summed E-state index contributed by atoms with van der Waals surface area (Å²) < 4.78 is 58.4. The average Bonchev–Trinajstić information content (AvgIpc) is 2.71. The highest BCUT2D eigenvalue weighted by molar-refractivity contribution is 7.89. The van der Waals surface area contributed by atoms with Crippen LogP contribution < -0.4 is 4.74 Å². The lowest BCUT2D eigenvalue weighted by Gasteiger charge is -2.29. The van der Waals surface area contributed by atoms with Crippen LogP contribution in [0.25, 0.3) is 0 Å². The van der Waals surface area contributed by atoms with Gasteiger partial charge in [0, 0.05) is 12.5 Å². The van der Waals surface area contributed by atoms with Crippen molar-refractivity contribution in [1.82, 2.24) is 4.31 Å². The lowest BCUT2D eigenvalue weighted by atomic mass is 10.00. The number of aryl methyl sites for hydroxylation is 1. The zero-order valence-corrected chi connectivity index (χ0v) is 13.7. The maximum absolute atomic E-state index is 13.7. The van der Waals surface area contributed by atoms with Gasteiger partial charge in [0.15, 0.2) is 0 Å². The number of carbonyl (C=O) groups is 1. The lowest BCUT2D eigenvalue weighted by Crippen LogP contribution is -2.50. The molecule has 1 atom stereocenters. The predicted octanol–water partition coefficient (Wildman–Crippen LogP) is 1.88. The van der Waals surface area contributed by atoms with Gasteiger partial charge in [0.05, 0.1) is 18.6 Å². The summed E-state index contributed by atoms with van der Waals surface area (Å²) in [6.45, 7) is 1.32. The van der Waals surface area contributed by atoms with Crippen molar-refractivity contribution in [2.24, 2.45) is 0 Å². The highest BCUT2D eigenvalue weighted by atomic mass is 32.2. The predicted molar refractivity (Wildman–Crippen MR) is 77.2 cm³/mol. The molecule has 0 saturated carbocycles. The molecule has 0 aliphatic carbocycles. The Morgan fingerprint density at radius 3 is 2.52 bits per heavy atom. The van der Waals surface area contributed by atoms with Gasteiger partial charge in [-0.05, 0) is 25.5 Å². The minimum absolute atomic E-state index is 0.233. The third-order valence-corrected chi connectivity index (χ3v) is 6.06. The first kappa shape index (κ1) is 17.6. The Labute approximate surface area is 132 Å². The first-order valence-electron chi connectivity index (χ1n) is 6.73. The van der Waals surface area contributed by atoms with E-state index in [9.17, 15) is 27.1 Å². The van der Waals surface area contributed by atoms with E-state index in [4.69, 9.17) is 4.74 Å². The number of carboxylic acids is 1. The molecule has 0 radical (unpaired) electrons. The Kier molecular flexibility index (Phi) is 4.15. The zero-order valence-electron chi connectivity index (χ0n) is 12.8. The zero-order chi connectivity index (χ0) is 17.6. The third-order valence-electron chi connectivity index (χ3n) is 3.95. The third kappa shape index (κ3) is 2.90. The largest absolute Gasteiger partial charge is 0.497 e. The molecular weight excluding hydrogens is 332 g/mol. The molecule has 0 amide bonds. The number of hydrogen-bond acceptors (Lipinski definition) is 4. The molecule has 1 unspecified atom stereocenters. The van der Waals surface area contributed by atoms with Crippen molar-refractivity contribution in [3.8, 4) is 5.75 Å². The first-order valence-corrected chi connectivity index (χ1v) is 8.17. The summed E-state index contributed by atoms with van der Waals surface area (Å²) in [6, 6.07) is 4.20. The minimum atomic E-state index is -4.43. The number of sulfonamides is 1. The van der Waals surface area contributed by atoms with Crippen LogP contribution in [0.15, 0.2) is 23.1 Å². The molecule has 0 aromatic heterocycles. The Hall–Kier alpha value is -1.74. The summed E-state index contributed by atoms with van der Waals surface area (Å²) in [7, 11) is -3.09. The molecule has 128 valence electrons. The normalized spacial score (nSPS) is 24.6. The monoisotopic (exact) mass is 349 g/mol. The molecule has 0 spiro atoms. The van der Waals surface area contributed by atoms with E-state index in [2.05, 4.69) is 0 Å². The summed E-state index contributed by atoms with van der Waals surface area (Å²) >= 11 is 0. The summed E-state index contributed by atoms with van der Waals surface area (Å²) in [5.41, 5.74) is -1.90. The fourth-order valence-electron chi connectivity index (χ4n) is 2.67. The molecule has 1 heterocycles. The second-order valence-electron chi connectivity index (χ2n) is 5.75. The number of rotatable bonds is 4. The Morgan fingerprint density at radius 1 is 1.39 bits per heavy atom. The molecule has 1 aliphatic heterocycles. The van der Waals surface area contributed by atoms with E-state index in [1.165, 1.54) is 32.2 Å². The molecule has 6 nitrogen and oxygen atoms in total. The number of alkyl halides is 2. The first-order chi connectivity index (χ1) is 10.4. The van der Waals surface area contributed by atoms with Crippen LogP contribution in [0.3, 0.4) is 0 Å². The van der Waals surface area contributed by atoms with Crippen LogP contribution in [0.1, 0.15) is 18.9 Å². The van der Waals surface area contributed by atoms with E-state index in [-0.39, 0.29) is 10.6 Å². The van der Waals surface area contributed by atoms with Crippen molar-refractivity contribution in [1.29, 1.82) is 0 Å². The lowest BCUT2D eigenvalue weighted by molar-refractivity contribution is -0.146. The maximum atomic E-state index is 13.7. The van der Waals surface area contributed by atoms with Crippen molar-refractivity contribution in [3.05, 3.63) is 23.8 Å². The van der Waals surface area contributed by atoms with Crippen LogP contribution in [0.4, 0.5) is 8.78 Å². The smallest absolute Gasteiger partial charge is 0.325 e. The standard InChI is InChI=1S/C14H17F2NO5S/c1-9-4-5-10(22-3)6-11(9)23(20,21)17-8-14(15,16)7-13(17,2)12(18)19/h4-6H,7-8H2,1-3H3,(H,18,19). The summed E-state index contributed by atoms with van der Waals surface area (Å²) in [4.78, 5) is 11.2. The van der Waals surface area contributed by atoms with Crippen molar-refractivity contribution in [3.63, 3.8) is 0 Å². The second kappa shape index (κ2) is 5.41. The molecule has 1 saturated heterocycles. The van der Waals surface area contributed by atoms with Gasteiger partial charge in [0.25, 0.3) is 5.92 Å². The second-order valence-corrected chi connectivity index (χ2v) is 7.59. The highest BCUT2D eigenvalue weighted by Crippen LogP contribution is 2.43. The quantitative estimate of drug-likeness (QED) is 0.897. The number of aliphatic carboxylic acids is 1. The minimum Gasteiger partial charge on any atom is -0.497 e. The van der Waals surface area contributed by atoms with E-state index in [0.717, 1.165) is 6.92 Å². The van der Waals surface area contributed by atoms with Crippen molar-refractivity contribution < 1.29 is 31.8 Å². The van der Waals surface area contributed by atoms with Crippen molar-refractivity contribution >= 4 is 16.0 Å². The molecule has 1 aromatic rings. The number of carboxylic acid groups (broad SMARTS) is 1. The van der Waals surface area contributed by atoms with Gasteiger partial charge in [0.1, 0.15) is 11.3 Å². The molecular formula is C14H17F2NO5S. The molecule has 9 heteroatoms. The van der Waals surface area contributed by atoms with Crippen LogP contribution in [0.2, 0.25) is 0 Å². The van der Waals surface area contributed by atoms with Gasteiger partial charge >= 0.3 is 5.97 Å². The number of methoxy groups -OCH3 is 1. The summed E-state index contributed by atoms with van der Waals surface area (Å²) in [5.74, 6) is -4.79. The van der Waals surface area contributed by atoms with Gasteiger partial charge in [-0.15, -0.1) is 0 Å². The van der Waals surface area contributed by atoms with E-state index in [1.54, 1.807) is 0 Å². The van der Waals surface area contributed by atoms with Crippen LogP contribution in [-0.4, -0.2) is 48.9 Å². The maximum Gasteiger partial charge on any atom is 0.325 e. The SMILES string of the molecule is COc1ccc(C)c(S(=O)(=O)N2CC(F)(F)CC2(C)C(=O)O)c1. The van der Waals surface area contributed by atoms with Gasteiger partial charge in [-0.3, -0.25) is 4.79 Å². The number of benzene rings is 1. The van der Waals surface area contributed by atoms with Crippen LogP contribution in [0, 0.1) is 6.92 Å². The molecule has 2 rings (SSSR count). The van der Waals surface area contributed by atoms with Crippen LogP contribution in [0.5, 0.6) is 5.75 Å². The molecule has 1 aliphatic rings. The Bertz CT molecular complexity index is 750.